The molecule has 18 heavy (non-hydrogen) atoms. The van der Waals surface area contributed by atoms with Gasteiger partial charge in [0.05, 0.1) is 16.4 Å². The number of hydrogen-bond donors (Lipinski definition) is 1. The Balaban J connectivity index is 2.69. The van der Waals surface area contributed by atoms with Crippen molar-refractivity contribution in [3.8, 4) is 0 Å². The van der Waals surface area contributed by atoms with Crippen LogP contribution in [0.5, 0.6) is 0 Å². The SMILES string of the molecule is CCS(=O)(=O)CCCS(=O)(=O)c1ccc(N)cc1. The monoisotopic (exact) mass is 291 g/mol. The van der Waals surface area contributed by atoms with E-state index in [1.54, 1.807) is 6.92 Å². The predicted octanol–water partition coefficient (Wildman–Crippen LogP) is 0.867. The van der Waals surface area contributed by atoms with Gasteiger partial charge in [0, 0.05) is 11.4 Å². The van der Waals surface area contributed by atoms with Crippen LogP contribution >= 0.6 is 0 Å². The van der Waals surface area contributed by atoms with Gasteiger partial charge in [0.15, 0.2) is 9.84 Å². The molecule has 1 aromatic carbocycles. The van der Waals surface area contributed by atoms with Crippen molar-refractivity contribution in [3.63, 3.8) is 0 Å². The van der Waals surface area contributed by atoms with Crippen LogP contribution < -0.4 is 5.73 Å². The van der Waals surface area contributed by atoms with Crippen LogP contribution in [-0.4, -0.2) is 34.1 Å². The maximum Gasteiger partial charge on any atom is 0.178 e. The van der Waals surface area contributed by atoms with Gasteiger partial charge in [-0.1, -0.05) is 6.92 Å². The van der Waals surface area contributed by atoms with Crippen LogP contribution in [0.2, 0.25) is 0 Å². The molecule has 0 unspecified atom stereocenters. The first-order chi connectivity index (χ1) is 8.27. The Labute approximate surface area is 108 Å². The molecule has 0 aromatic heterocycles. The Hall–Kier alpha value is -1.08. The van der Waals surface area contributed by atoms with E-state index in [2.05, 4.69) is 0 Å². The average Bonchev–Trinajstić information content (AvgIpc) is 2.29. The number of nitrogens with two attached hydrogens (primary N) is 1. The molecule has 0 heterocycles. The molecule has 0 spiro atoms. The minimum absolute atomic E-state index is 0.0366. The smallest absolute Gasteiger partial charge is 0.178 e. The second-order valence-corrected chi connectivity index (χ2v) is 8.56. The Morgan fingerprint density at radius 2 is 1.56 bits per heavy atom. The van der Waals surface area contributed by atoms with Gasteiger partial charge in [0.1, 0.15) is 9.84 Å². The van der Waals surface area contributed by atoms with Crippen LogP contribution in [0, 0.1) is 0 Å². The lowest BCUT2D eigenvalue weighted by Crippen LogP contribution is -2.14. The van der Waals surface area contributed by atoms with Gasteiger partial charge in [-0.2, -0.15) is 0 Å². The molecule has 0 bridgehead atoms. The molecule has 0 aliphatic carbocycles. The third kappa shape index (κ3) is 4.30. The van der Waals surface area contributed by atoms with Crippen LogP contribution in [0.25, 0.3) is 0 Å². The third-order valence-electron chi connectivity index (χ3n) is 2.55. The van der Waals surface area contributed by atoms with Gasteiger partial charge < -0.3 is 5.73 Å². The Morgan fingerprint density at radius 1 is 1.00 bits per heavy atom. The zero-order valence-electron chi connectivity index (χ0n) is 10.2. The van der Waals surface area contributed by atoms with Crippen molar-refractivity contribution in [2.24, 2.45) is 0 Å². The minimum Gasteiger partial charge on any atom is -0.399 e. The standard InChI is InChI=1S/C11H17NO4S2/c1-2-17(13,14)8-3-9-18(15,16)11-6-4-10(12)5-7-11/h4-7H,2-3,8-9,12H2,1H3. The van der Waals surface area contributed by atoms with Crippen molar-refractivity contribution < 1.29 is 16.8 Å². The summed E-state index contributed by atoms with van der Waals surface area (Å²) in [6.45, 7) is 1.55. The van der Waals surface area contributed by atoms with Crippen LogP contribution in [0.15, 0.2) is 29.2 Å². The highest BCUT2D eigenvalue weighted by Gasteiger charge is 2.16. The fraction of sp³-hybridized carbons (Fsp3) is 0.455. The highest BCUT2D eigenvalue weighted by molar-refractivity contribution is 7.92. The van der Waals surface area contributed by atoms with Crippen molar-refractivity contribution in [2.75, 3.05) is 23.0 Å². The van der Waals surface area contributed by atoms with Crippen LogP contribution in [-0.2, 0) is 19.7 Å². The van der Waals surface area contributed by atoms with E-state index in [4.69, 9.17) is 5.73 Å². The number of hydrogen-bond acceptors (Lipinski definition) is 5. The summed E-state index contributed by atoms with van der Waals surface area (Å²) in [5, 5.41) is 0. The molecular formula is C11H17NO4S2. The molecule has 0 atom stereocenters. The van der Waals surface area contributed by atoms with Crippen LogP contribution in [0.4, 0.5) is 5.69 Å². The fourth-order valence-electron chi connectivity index (χ4n) is 1.41. The minimum atomic E-state index is -3.43. The molecule has 102 valence electrons. The number of anilines is 1. The molecule has 5 nitrogen and oxygen atoms in total. The van der Waals surface area contributed by atoms with E-state index in [1.165, 1.54) is 24.3 Å². The summed E-state index contributed by atoms with van der Waals surface area (Å²) in [7, 11) is -6.54. The van der Waals surface area contributed by atoms with Crippen LogP contribution in [0.1, 0.15) is 13.3 Å². The van der Waals surface area contributed by atoms with Crippen LogP contribution in [0.3, 0.4) is 0 Å². The molecule has 1 aromatic rings. The second kappa shape index (κ2) is 5.71. The van der Waals surface area contributed by atoms with E-state index in [9.17, 15) is 16.8 Å². The number of nitrogen functional groups attached to an aromatic ring is 1. The zero-order chi connectivity index (χ0) is 13.8. The van der Waals surface area contributed by atoms with E-state index in [0.29, 0.717) is 5.69 Å². The first-order valence-electron chi connectivity index (χ1n) is 5.55. The average molecular weight is 291 g/mol. The van der Waals surface area contributed by atoms with Crippen molar-refractivity contribution in [3.05, 3.63) is 24.3 Å². The highest BCUT2D eigenvalue weighted by Crippen LogP contribution is 2.14. The Bertz CT molecular complexity index is 588. The summed E-state index contributed by atoms with van der Waals surface area (Å²) in [6, 6.07) is 5.88. The van der Waals surface area contributed by atoms with Crippen molar-refractivity contribution >= 4 is 25.4 Å². The Morgan fingerprint density at radius 3 is 2.06 bits per heavy atom. The summed E-state index contributed by atoms with van der Waals surface area (Å²) in [4.78, 5) is 0.172. The summed E-state index contributed by atoms with van der Waals surface area (Å²) in [5.74, 6) is -0.233. The van der Waals surface area contributed by atoms with Crippen molar-refractivity contribution in [1.82, 2.24) is 0 Å². The van der Waals surface area contributed by atoms with Crippen molar-refractivity contribution in [2.45, 2.75) is 18.2 Å². The molecule has 0 saturated carbocycles. The number of benzene rings is 1. The van der Waals surface area contributed by atoms with Gasteiger partial charge in [-0.3, -0.25) is 0 Å². The van der Waals surface area contributed by atoms with Gasteiger partial charge in [-0.25, -0.2) is 16.8 Å². The lowest BCUT2D eigenvalue weighted by molar-refractivity contribution is 0.590. The molecule has 0 amide bonds. The summed E-state index contributed by atoms with van der Waals surface area (Å²) in [5.41, 5.74) is 5.96. The second-order valence-electron chi connectivity index (χ2n) is 3.98. The molecule has 0 fully saturated rings. The van der Waals surface area contributed by atoms with E-state index in [0.717, 1.165) is 0 Å². The molecule has 1 rings (SSSR count). The lowest BCUT2D eigenvalue weighted by Gasteiger charge is -2.05. The van der Waals surface area contributed by atoms with E-state index in [1.807, 2.05) is 0 Å². The molecule has 7 heteroatoms. The number of rotatable bonds is 6. The van der Waals surface area contributed by atoms with Gasteiger partial charge in [0.2, 0.25) is 0 Å². The highest BCUT2D eigenvalue weighted by atomic mass is 32.2. The quantitative estimate of drug-likeness (QED) is 0.785. The van der Waals surface area contributed by atoms with Crippen molar-refractivity contribution in [1.29, 1.82) is 0 Å². The maximum absolute atomic E-state index is 11.9. The predicted molar refractivity (Wildman–Crippen MR) is 71.9 cm³/mol. The van der Waals surface area contributed by atoms with E-state index >= 15 is 0 Å². The number of sulfone groups is 2. The molecule has 0 aliphatic heterocycles. The first kappa shape index (κ1) is 15.0. The Kier molecular flexibility index (Phi) is 4.75. The summed E-state index contributed by atoms with van der Waals surface area (Å²) >= 11 is 0. The maximum atomic E-state index is 11.9. The van der Waals surface area contributed by atoms with E-state index in [-0.39, 0.29) is 28.6 Å². The van der Waals surface area contributed by atoms with Gasteiger partial charge in [0.25, 0.3) is 0 Å². The largest absolute Gasteiger partial charge is 0.399 e. The summed E-state index contributed by atoms with van der Waals surface area (Å²) < 4.78 is 46.3. The molecule has 2 N–H and O–H groups in total. The molecular weight excluding hydrogens is 274 g/mol. The molecule has 0 aliphatic rings. The van der Waals surface area contributed by atoms with Gasteiger partial charge in [-0.15, -0.1) is 0 Å². The third-order valence-corrected chi connectivity index (χ3v) is 6.15. The zero-order valence-corrected chi connectivity index (χ0v) is 11.8. The molecule has 0 saturated heterocycles. The fourth-order valence-corrected chi connectivity index (χ4v) is 3.77. The van der Waals surface area contributed by atoms with Gasteiger partial charge >= 0.3 is 0 Å². The van der Waals surface area contributed by atoms with Gasteiger partial charge in [-0.05, 0) is 30.7 Å². The molecule has 0 radical (unpaired) electrons. The van der Waals surface area contributed by atoms with E-state index < -0.39 is 19.7 Å². The summed E-state index contributed by atoms with van der Waals surface area (Å²) in [6.07, 6.45) is 0.114. The topological polar surface area (TPSA) is 94.3 Å². The lowest BCUT2D eigenvalue weighted by atomic mass is 10.3. The first-order valence-corrected chi connectivity index (χ1v) is 9.03. The normalized spacial score (nSPS) is 12.5.